The fraction of sp³-hybridized carbons (Fsp3) is 0. The lowest BCUT2D eigenvalue weighted by molar-refractivity contribution is 0.617. The molecule has 0 bridgehead atoms. The first-order chi connectivity index (χ1) is 8.36. The largest absolute Gasteiger partial charge is 0.462 e. The molecule has 0 unspecified atom stereocenters. The Bertz CT molecular complexity index is 708. The zero-order valence-corrected chi connectivity index (χ0v) is 9.49. The highest BCUT2D eigenvalue weighted by Crippen LogP contribution is 2.29. The number of thiazole rings is 1. The second-order valence-corrected chi connectivity index (χ2v) is 4.44. The van der Waals surface area contributed by atoms with Crippen LogP contribution in [0.2, 0.25) is 0 Å². The molecule has 82 valence electrons. The van der Waals surface area contributed by atoms with Gasteiger partial charge in [0.1, 0.15) is 22.8 Å². The molecule has 0 spiro atoms. The Morgan fingerprint density at radius 3 is 3.06 bits per heavy atom. The van der Waals surface area contributed by atoms with Crippen molar-refractivity contribution in [3.63, 3.8) is 0 Å². The first kappa shape index (κ1) is 9.87. The van der Waals surface area contributed by atoms with Gasteiger partial charge in [-0.3, -0.25) is 0 Å². The van der Waals surface area contributed by atoms with Crippen molar-refractivity contribution in [3.8, 4) is 6.07 Å². The van der Waals surface area contributed by atoms with Gasteiger partial charge in [0.05, 0.1) is 11.9 Å². The van der Waals surface area contributed by atoms with Crippen molar-refractivity contribution in [1.29, 1.82) is 5.26 Å². The third kappa shape index (κ3) is 1.75. The van der Waals surface area contributed by atoms with Crippen LogP contribution in [0.5, 0.6) is 0 Å². The molecule has 2 heterocycles. The van der Waals surface area contributed by atoms with Crippen molar-refractivity contribution in [2.45, 2.75) is 0 Å². The molecule has 17 heavy (non-hydrogen) atoms. The summed E-state index contributed by atoms with van der Waals surface area (Å²) in [7, 11) is 0. The molecule has 1 N–H and O–H groups in total. The lowest BCUT2D eigenvalue weighted by Crippen LogP contribution is -1.86. The van der Waals surface area contributed by atoms with E-state index in [1.807, 2.05) is 24.3 Å². The van der Waals surface area contributed by atoms with Crippen LogP contribution in [0.15, 0.2) is 41.1 Å². The SMILES string of the molecule is N#Cc1cnc(Nc2coc3ccccc23)s1. The van der Waals surface area contributed by atoms with Crippen molar-refractivity contribution in [2.75, 3.05) is 5.32 Å². The van der Waals surface area contributed by atoms with Crippen molar-refractivity contribution < 1.29 is 4.42 Å². The van der Waals surface area contributed by atoms with Crippen LogP contribution in [-0.4, -0.2) is 4.98 Å². The van der Waals surface area contributed by atoms with Crippen LogP contribution in [0, 0.1) is 11.3 Å². The Hall–Kier alpha value is -2.32. The van der Waals surface area contributed by atoms with Gasteiger partial charge in [0.15, 0.2) is 5.13 Å². The number of nitriles is 1. The molecule has 0 radical (unpaired) electrons. The van der Waals surface area contributed by atoms with Crippen LogP contribution >= 0.6 is 11.3 Å². The van der Waals surface area contributed by atoms with Gasteiger partial charge < -0.3 is 9.73 Å². The molecular weight excluding hydrogens is 234 g/mol. The summed E-state index contributed by atoms with van der Waals surface area (Å²) in [6, 6.07) is 9.81. The van der Waals surface area contributed by atoms with Gasteiger partial charge in [-0.25, -0.2) is 4.98 Å². The zero-order chi connectivity index (χ0) is 11.7. The van der Waals surface area contributed by atoms with Gasteiger partial charge in [-0.15, -0.1) is 0 Å². The molecule has 0 saturated heterocycles. The Morgan fingerprint density at radius 2 is 2.24 bits per heavy atom. The quantitative estimate of drug-likeness (QED) is 0.745. The average Bonchev–Trinajstić information content (AvgIpc) is 2.97. The molecule has 0 atom stereocenters. The van der Waals surface area contributed by atoms with Crippen molar-refractivity contribution in [2.24, 2.45) is 0 Å². The number of anilines is 2. The summed E-state index contributed by atoms with van der Waals surface area (Å²) in [6.07, 6.45) is 3.20. The molecule has 1 aromatic carbocycles. The third-order valence-electron chi connectivity index (χ3n) is 2.34. The van der Waals surface area contributed by atoms with E-state index in [9.17, 15) is 0 Å². The second-order valence-electron chi connectivity index (χ2n) is 3.41. The molecule has 0 amide bonds. The molecule has 4 nitrogen and oxygen atoms in total. The maximum Gasteiger partial charge on any atom is 0.188 e. The first-order valence-electron chi connectivity index (χ1n) is 4.96. The Labute approximate surface area is 101 Å². The normalized spacial score (nSPS) is 10.3. The van der Waals surface area contributed by atoms with Gasteiger partial charge in [0.2, 0.25) is 0 Å². The molecule has 3 rings (SSSR count). The summed E-state index contributed by atoms with van der Waals surface area (Å²) in [6.45, 7) is 0. The van der Waals surface area contributed by atoms with E-state index in [2.05, 4.69) is 16.4 Å². The minimum absolute atomic E-state index is 0.584. The minimum atomic E-state index is 0.584. The molecular formula is C12H7N3OS. The van der Waals surface area contributed by atoms with E-state index in [0.717, 1.165) is 16.7 Å². The highest BCUT2D eigenvalue weighted by atomic mass is 32.1. The third-order valence-corrected chi connectivity index (χ3v) is 3.16. The van der Waals surface area contributed by atoms with E-state index < -0.39 is 0 Å². The highest BCUT2D eigenvalue weighted by Gasteiger charge is 2.07. The lowest BCUT2D eigenvalue weighted by atomic mass is 10.2. The van der Waals surface area contributed by atoms with Gasteiger partial charge in [-0.2, -0.15) is 5.26 Å². The zero-order valence-electron chi connectivity index (χ0n) is 8.68. The number of benzene rings is 1. The Balaban J connectivity index is 1.97. The van der Waals surface area contributed by atoms with Gasteiger partial charge in [-0.05, 0) is 12.1 Å². The maximum absolute atomic E-state index is 8.72. The van der Waals surface area contributed by atoms with E-state index >= 15 is 0 Å². The number of nitrogens with one attached hydrogen (secondary N) is 1. The van der Waals surface area contributed by atoms with Crippen LogP contribution in [-0.2, 0) is 0 Å². The summed E-state index contributed by atoms with van der Waals surface area (Å²) in [5.41, 5.74) is 1.69. The van der Waals surface area contributed by atoms with Gasteiger partial charge in [0.25, 0.3) is 0 Å². The van der Waals surface area contributed by atoms with Crippen LogP contribution in [0.4, 0.5) is 10.8 Å². The van der Waals surface area contributed by atoms with Crippen LogP contribution in [0.3, 0.4) is 0 Å². The van der Waals surface area contributed by atoms with E-state index in [-0.39, 0.29) is 0 Å². The number of hydrogen-bond acceptors (Lipinski definition) is 5. The summed E-state index contributed by atoms with van der Waals surface area (Å²) in [5.74, 6) is 0. The van der Waals surface area contributed by atoms with Crippen molar-refractivity contribution >= 4 is 33.1 Å². The number of hydrogen-bond donors (Lipinski definition) is 1. The molecule has 2 aromatic heterocycles. The smallest absolute Gasteiger partial charge is 0.188 e. The van der Waals surface area contributed by atoms with Crippen LogP contribution in [0.25, 0.3) is 11.0 Å². The summed E-state index contributed by atoms with van der Waals surface area (Å²) in [4.78, 5) is 4.70. The van der Waals surface area contributed by atoms with Crippen LogP contribution in [0.1, 0.15) is 4.88 Å². The highest BCUT2D eigenvalue weighted by molar-refractivity contribution is 7.16. The molecule has 3 aromatic rings. The summed E-state index contributed by atoms with van der Waals surface area (Å²) >= 11 is 1.31. The number of furan rings is 1. The molecule has 0 aliphatic carbocycles. The Kier molecular flexibility index (Phi) is 2.28. The van der Waals surface area contributed by atoms with Crippen LogP contribution < -0.4 is 5.32 Å². The van der Waals surface area contributed by atoms with Gasteiger partial charge >= 0.3 is 0 Å². The van der Waals surface area contributed by atoms with E-state index in [1.54, 1.807) is 12.5 Å². The Morgan fingerprint density at radius 1 is 1.35 bits per heavy atom. The van der Waals surface area contributed by atoms with Crippen molar-refractivity contribution in [1.82, 2.24) is 4.98 Å². The molecule has 0 aliphatic heterocycles. The lowest BCUT2D eigenvalue weighted by Gasteiger charge is -1.97. The summed E-state index contributed by atoms with van der Waals surface area (Å²) < 4.78 is 5.40. The second kappa shape index (κ2) is 3.92. The topological polar surface area (TPSA) is 61.9 Å². The monoisotopic (exact) mass is 241 g/mol. The predicted octanol–water partition coefficient (Wildman–Crippen LogP) is 3.50. The van der Waals surface area contributed by atoms with E-state index in [1.165, 1.54) is 11.3 Å². The maximum atomic E-state index is 8.72. The number of rotatable bonds is 2. The van der Waals surface area contributed by atoms with Gasteiger partial charge in [0, 0.05) is 5.39 Å². The average molecular weight is 241 g/mol. The van der Waals surface area contributed by atoms with Gasteiger partial charge in [-0.1, -0.05) is 23.5 Å². The number of fused-ring (bicyclic) bond motifs is 1. The predicted molar refractivity (Wildman–Crippen MR) is 66.3 cm³/mol. The first-order valence-corrected chi connectivity index (χ1v) is 5.77. The van der Waals surface area contributed by atoms with E-state index in [0.29, 0.717) is 10.0 Å². The standard InChI is InChI=1S/C12H7N3OS/c13-5-8-6-14-12(17-8)15-10-7-16-11-4-2-1-3-9(10)11/h1-4,6-7H,(H,14,15). The molecule has 0 fully saturated rings. The number of aromatic nitrogens is 1. The number of nitrogens with zero attached hydrogens (tertiary/aromatic N) is 2. The molecule has 0 saturated carbocycles. The molecule has 5 heteroatoms. The van der Waals surface area contributed by atoms with E-state index in [4.69, 9.17) is 9.68 Å². The fourth-order valence-electron chi connectivity index (χ4n) is 1.57. The number of para-hydroxylation sites is 1. The molecule has 0 aliphatic rings. The summed E-state index contributed by atoms with van der Waals surface area (Å²) in [5, 5.41) is 13.6. The minimum Gasteiger partial charge on any atom is -0.462 e. The fourth-order valence-corrected chi connectivity index (χ4v) is 2.20. The van der Waals surface area contributed by atoms with Crippen molar-refractivity contribution in [3.05, 3.63) is 41.6 Å².